The number of carbonyl (C=O) groups excluding carboxylic acids is 1. The fourth-order valence-corrected chi connectivity index (χ4v) is 5.40. The number of likely N-dealkylation sites (tertiary alicyclic amines) is 1. The van der Waals surface area contributed by atoms with Gasteiger partial charge in [-0.1, -0.05) is 25.5 Å². The summed E-state index contributed by atoms with van der Waals surface area (Å²) >= 11 is 0. The number of nitrogens with zero attached hydrogens (tertiary/aromatic N) is 2. The number of ether oxygens (including phenoxy) is 1. The molecule has 9 heteroatoms. The third-order valence-corrected chi connectivity index (χ3v) is 7.77. The Morgan fingerprint density at radius 2 is 1.62 bits per heavy atom. The average molecular weight is 529 g/mol. The molecule has 2 fully saturated rings. The van der Waals surface area contributed by atoms with Crippen LogP contribution >= 0.6 is 0 Å². The van der Waals surface area contributed by atoms with E-state index in [2.05, 4.69) is 38.9 Å². The Balaban J connectivity index is 1.21. The zero-order valence-corrected chi connectivity index (χ0v) is 22.8. The van der Waals surface area contributed by atoms with Crippen LogP contribution in [0.1, 0.15) is 57.4 Å². The summed E-state index contributed by atoms with van der Waals surface area (Å²) in [5, 5.41) is 3.32. The summed E-state index contributed by atoms with van der Waals surface area (Å²) in [6.07, 6.45) is 8.79. The van der Waals surface area contributed by atoms with Crippen LogP contribution in [-0.4, -0.2) is 62.2 Å². The molecule has 1 heterocycles. The van der Waals surface area contributed by atoms with Crippen LogP contribution < -0.4 is 14.8 Å². The van der Waals surface area contributed by atoms with Crippen molar-refractivity contribution in [1.82, 2.24) is 15.1 Å². The molecule has 1 saturated carbocycles. The molecule has 2 aromatic carbocycles. The van der Waals surface area contributed by atoms with Gasteiger partial charge in [0.2, 0.25) is 10.0 Å². The molecule has 0 spiro atoms. The maximum absolute atomic E-state index is 12.9. The quantitative estimate of drug-likeness (QED) is 0.419. The molecule has 0 unspecified atom stereocenters. The number of anilines is 1. The van der Waals surface area contributed by atoms with Crippen molar-refractivity contribution >= 4 is 21.7 Å². The highest BCUT2D eigenvalue weighted by atomic mass is 32.2. The van der Waals surface area contributed by atoms with E-state index in [9.17, 15) is 13.2 Å². The summed E-state index contributed by atoms with van der Waals surface area (Å²) in [6, 6.07) is 15.7. The van der Waals surface area contributed by atoms with Crippen molar-refractivity contribution in [1.29, 1.82) is 0 Å². The van der Waals surface area contributed by atoms with Crippen LogP contribution in [0.2, 0.25) is 0 Å². The van der Waals surface area contributed by atoms with E-state index < -0.39 is 10.0 Å². The molecule has 0 bridgehead atoms. The first-order chi connectivity index (χ1) is 17.8. The van der Waals surface area contributed by atoms with Crippen LogP contribution in [0.5, 0.6) is 11.5 Å². The lowest BCUT2D eigenvalue weighted by molar-refractivity contribution is 0.127. The second kappa shape index (κ2) is 12.6. The van der Waals surface area contributed by atoms with Gasteiger partial charge in [-0.2, -0.15) is 0 Å². The number of benzene rings is 2. The van der Waals surface area contributed by atoms with Crippen molar-refractivity contribution in [3.05, 3.63) is 54.1 Å². The fraction of sp³-hybridized carbons (Fsp3) is 0.536. The van der Waals surface area contributed by atoms with Gasteiger partial charge in [-0.25, -0.2) is 13.2 Å². The number of sulfonamides is 1. The van der Waals surface area contributed by atoms with Crippen molar-refractivity contribution in [3.63, 3.8) is 0 Å². The number of piperidine rings is 1. The zero-order valence-electron chi connectivity index (χ0n) is 22.0. The number of hydrogen-bond donors (Lipinski definition) is 2. The van der Waals surface area contributed by atoms with Crippen LogP contribution in [0.25, 0.3) is 0 Å². The van der Waals surface area contributed by atoms with Crippen molar-refractivity contribution < 1.29 is 17.9 Å². The van der Waals surface area contributed by atoms with Crippen molar-refractivity contribution in [2.75, 3.05) is 30.6 Å². The van der Waals surface area contributed by atoms with E-state index in [1.165, 1.54) is 12.0 Å². The van der Waals surface area contributed by atoms with Gasteiger partial charge in [-0.3, -0.25) is 9.62 Å². The van der Waals surface area contributed by atoms with Gasteiger partial charge in [-0.15, -0.1) is 0 Å². The molecule has 202 valence electrons. The number of unbranched alkanes of at least 4 members (excludes halogenated alkanes) is 1. The summed E-state index contributed by atoms with van der Waals surface area (Å²) in [4.78, 5) is 17.4. The van der Waals surface area contributed by atoms with Crippen LogP contribution in [0.3, 0.4) is 0 Å². The van der Waals surface area contributed by atoms with E-state index in [-0.39, 0.29) is 12.1 Å². The summed E-state index contributed by atoms with van der Waals surface area (Å²) < 4.78 is 31.0. The second-order valence-corrected chi connectivity index (χ2v) is 12.0. The van der Waals surface area contributed by atoms with E-state index in [0.717, 1.165) is 76.7 Å². The lowest BCUT2D eigenvalue weighted by Gasteiger charge is -2.39. The zero-order chi connectivity index (χ0) is 26.3. The van der Waals surface area contributed by atoms with Gasteiger partial charge in [0.1, 0.15) is 11.5 Å². The van der Waals surface area contributed by atoms with Crippen LogP contribution in [-0.2, 0) is 16.6 Å². The summed E-state index contributed by atoms with van der Waals surface area (Å²) in [6.45, 7) is 5.86. The first kappa shape index (κ1) is 27.3. The van der Waals surface area contributed by atoms with Crippen LogP contribution in [0.15, 0.2) is 48.5 Å². The Kier molecular flexibility index (Phi) is 9.32. The number of nitrogens with one attached hydrogen (secondary N) is 2. The van der Waals surface area contributed by atoms with Crippen LogP contribution in [0.4, 0.5) is 10.5 Å². The highest BCUT2D eigenvalue weighted by Gasteiger charge is 2.30. The molecule has 0 atom stereocenters. The van der Waals surface area contributed by atoms with Gasteiger partial charge >= 0.3 is 6.03 Å². The number of carbonyl (C=O) groups is 1. The van der Waals surface area contributed by atoms with Gasteiger partial charge in [0, 0.05) is 44.0 Å². The molecule has 37 heavy (non-hydrogen) atoms. The van der Waals surface area contributed by atoms with Crippen LogP contribution in [0, 0.1) is 0 Å². The molecule has 2 aromatic rings. The molecule has 1 aliphatic heterocycles. The monoisotopic (exact) mass is 528 g/mol. The third kappa shape index (κ3) is 8.36. The number of rotatable bonds is 11. The predicted molar refractivity (Wildman–Crippen MR) is 148 cm³/mol. The fourth-order valence-electron chi connectivity index (χ4n) is 4.83. The molecule has 4 rings (SSSR count). The Labute approximate surface area is 221 Å². The predicted octanol–water partition coefficient (Wildman–Crippen LogP) is 5.18. The SMILES string of the molecule is CCCCN(C(=O)NC1CCN(Cc2ccc(Oc3ccc(NS(C)(=O)=O)cc3)cc2)CC1)C1CCC1. The van der Waals surface area contributed by atoms with Crippen molar-refractivity contribution in [2.24, 2.45) is 0 Å². The molecular weight excluding hydrogens is 488 g/mol. The maximum Gasteiger partial charge on any atom is 0.317 e. The van der Waals surface area contributed by atoms with Gasteiger partial charge in [0.15, 0.2) is 0 Å². The summed E-state index contributed by atoms with van der Waals surface area (Å²) in [7, 11) is -3.30. The number of urea groups is 1. The second-order valence-electron chi connectivity index (χ2n) is 10.3. The van der Waals surface area contributed by atoms with Crippen molar-refractivity contribution in [2.45, 2.75) is 70.5 Å². The molecule has 1 saturated heterocycles. The van der Waals surface area contributed by atoms with Gasteiger partial charge in [0.05, 0.1) is 6.26 Å². The lowest BCUT2D eigenvalue weighted by Crippen LogP contribution is -2.53. The first-order valence-corrected chi connectivity index (χ1v) is 15.3. The van der Waals surface area contributed by atoms with Gasteiger partial charge in [-0.05, 0) is 80.5 Å². The Morgan fingerprint density at radius 1 is 1.00 bits per heavy atom. The number of amides is 2. The molecule has 2 amide bonds. The molecule has 0 radical (unpaired) electrons. The molecular formula is C28H40N4O4S. The van der Waals surface area contributed by atoms with E-state index in [4.69, 9.17) is 4.74 Å². The standard InChI is InChI=1S/C28H40N4O4S/c1-3-4-18-32(25-6-5-7-25)28(33)29-23-16-19-31(20-17-23)21-22-8-12-26(13-9-22)36-27-14-10-24(11-15-27)30-37(2,34)35/h8-15,23,25,30H,3-7,16-21H2,1-2H3,(H,29,33). The smallest absolute Gasteiger partial charge is 0.317 e. The summed E-state index contributed by atoms with van der Waals surface area (Å²) in [5.74, 6) is 1.37. The van der Waals surface area contributed by atoms with Crippen molar-refractivity contribution in [3.8, 4) is 11.5 Å². The molecule has 1 aliphatic carbocycles. The molecule has 8 nitrogen and oxygen atoms in total. The van der Waals surface area contributed by atoms with E-state index in [1.54, 1.807) is 24.3 Å². The first-order valence-electron chi connectivity index (χ1n) is 13.4. The topological polar surface area (TPSA) is 91.0 Å². The minimum Gasteiger partial charge on any atom is -0.457 e. The highest BCUT2D eigenvalue weighted by Crippen LogP contribution is 2.26. The van der Waals surface area contributed by atoms with E-state index in [0.29, 0.717) is 17.5 Å². The van der Waals surface area contributed by atoms with Gasteiger partial charge < -0.3 is 15.0 Å². The third-order valence-electron chi connectivity index (χ3n) is 7.17. The average Bonchev–Trinajstić information content (AvgIpc) is 2.83. The highest BCUT2D eigenvalue weighted by molar-refractivity contribution is 7.92. The molecule has 2 N–H and O–H groups in total. The normalized spacial score (nSPS) is 17.1. The maximum atomic E-state index is 12.9. The Bertz CT molecular complexity index is 1110. The molecule has 0 aromatic heterocycles. The number of hydrogen-bond acceptors (Lipinski definition) is 5. The Hall–Kier alpha value is -2.78. The molecule has 2 aliphatic rings. The van der Waals surface area contributed by atoms with Gasteiger partial charge in [0.25, 0.3) is 0 Å². The van der Waals surface area contributed by atoms with E-state index >= 15 is 0 Å². The summed E-state index contributed by atoms with van der Waals surface area (Å²) in [5.41, 5.74) is 1.72. The van der Waals surface area contributed by atoms with E-state index in [1.807, 2.05) is 12.1 Å². The minimum atomic E-state index is -3.30. The minimum absolute atomic E-state index is 0.133. The Morgan fingerprint density at radius 3 is 2.16 bits per heavy atom. The lowest BCUT2D eigenvalue weighted by atomic mass is 9.91. The largest absolute Gasteiger partial charge is 0.457 e.